The van der Waals surface area contributed by atoms with Crippen LogP contribution in [-0.2, 0) is 6.42 Å². The zero-order valence-corrected chi connectivity index (χ0v) is 14.8. The summed E-state index contributed by atoms with van der Waals surface area (Å²) in [5, 5.41) is 7.57. The van der Waals surface area contributed by atoms with Crippen molar-refractivity contribution in [2.24, 2.45) is 0 Å². The number of amides is 1. The van der Waals surface area contributed by atoms with Gasteiger partial charge < -0.3 is 15.6 Å². The molecule has 2 aromatic carbocycles. The third-order valence-corrected chi connectivity index (χ3v) is 4.46. The van der Waals surface area contributed by atoms with Crippen molar-refractivity contribution in [1.82, 2.24) is 9.97 Å². The van der Waals surface area contributed by atoms with Crippen LogP contribution in [0.5, 0.6) is 0 Å². The summed E-state index contributed by atoms with van der Waals surface area (Å²) in [6.07, 6.45) is 6.20. The van der Waals surface area contributed by atoms with E-state index in [1.165, 1.54) is 16.5 Å². The highest BCUT2D eigenvalue weighted by atomic mass is 16.1. The van der Waals surface area contributed by atoms with Gasteiger partial charge in [-0.15, -0.1) is 0 Å². The highest BCUT2D eigenvalue weighted by molar-refractivity contribution is 6.04. The molecular weight excluding hydrogens is 336 g/mol. The van der Waals surface area contributed by atoms with Crippen molar-refractivity contribution < 1.29 is 4.79 Å². The van der Waals surface area contributed by atoms with Gasteiger partial charge in [-0.25, -0.2) is 0 Å². The standard InChI is InChI=1S/C22H20N4O/c27-22(17-4-3-12-23-14-17)26-19-9-7-18(8-10-19)24-13-11-16-15-25-21-6-2-1-5-20(16)21/h1-10,12,14-15,24-25H,11,13H2,(H,26,27). The Balaban J connectivity index is 1.32. The van der Waals surface area contributed by atoms with Gasteiger partial charge in [-0.2, -0.15) is 0 Å². The number of nitrogens with zero attached hydrogens (tertiary/aromatic N) is 1. The summed E-state index contributed by atoms with van der Waals surface area (Å²) in [5.41, 5.74) is 4.79. The van der Waals surface area contributed by atoms with Crippen LogP contribution in [-0.4, -0.2) is 22.4 Å². The molecule has 0 radical (unpaired) electrons. The van der Waals surface area contributed by atoms with Crippen molar-refractivity contribution in [2.75, 3.05) is 17.2 Å². The fraction of sp³-hybridized carbons (Fsp3) is 0.0909. The number of aromatic amines is 1. The number of anilines is 2. The number of hydrogen-bond acceptors (Lipinski definition) is 3. The molecule has 0 fully saturated rings. The summed E-state index contributed by atoms with van der Waals surface area (Å²) < 4.78 is 0. The van der Waals surface area contributed by atoms with Crippen molar-refractivity contribution in [2.45, 2.75) is 6.42 Å². The highest BCUT2D eigenvalue weighted by Gasteiger charge is 2.06. The van der Waals surface area contributed by atoms with E-state index in [9.17, 15) is 4.79 Å². The van der Waals surface area contributed by atoms with Crippen LogP contribution in [0.1, 0.15) is 15.9 Å². The van der Waals surface area contributed by atoms with Gasteiger partial charge in [0.2, 0.25) is 0 Å². The summed E-state index contributed by atoms with van der Waals surface area (Å²) in [7, 11) is 0. The minimum Gasteiger partial charge on any atom is -0.385 e. The fourth-order valence-electron chi connectivity index (χ4n) is 3.05. The summed E-state index contributed by atoms with van der Waals surface area (Å²) >= 11 is 0. The SMILES string of the molecule is O=C(Nc1ccc(NCCc2c[nH]c3ccccc23)cc1)c1cccnc1. The molecule has 2 heterocycles. The van der Waals surface area contributed by atoms with E-state index in [0.717, 1.165) is 24.3 Å². The second-order valence-corrected chi connectivity index (χ2v) is 6.31. The fourth-order valence-corrected chi connectivity index (χ4v) is 3.05. The molecule has 0 spiro atoms. The number of aromatic nitrogens is 2. The molecule has 2 aromatic heterocycles. The van der Waals surface area contributed by atoms with Crippen LogP contribution in [0.2, 0.25) is 0 Å². The van der Waals surface area contributed by atoms with E-state index in [2.05, 4.69) is 45.0 Å². The van der Waals surface area contributed by atoms with Crippen molar-refractivity contribution >= 4 is 28.2 Å². The van der Waals surface area contributed by atoms with Gasteiger partial charge >= 0.3 is 0 Å². The molecule has 0 aliphatic rings. The molecule has 4 rings (SSSR count). The Bertz CT molecular complexity index is 1040. The normalized spacial score (nSPS) is 10.7. The number of carbonyl (C=O) groups excluding carboxylic acids is 1. The smallest absolute Gasteiger partial charge is 0.257 e. The number of benzene rings is 2. The van der Waals surface area contributed by atoms with Crippen molar-refractivity contribution in [1.29, 1.82) is 0 Å². The monoisotopic (exact) mass is 356 g/mol. The van der Waals surface area contributed by atoms with Gasteiger partial charge in [-0.3, -0.25) is 9.78 Å². The second-order valence-electron chi connectivity index (χ2n) is 6.31. The van der Waals surface area contributed by atoms with Gasteiger partial charge in [0.15, 0.2) is 0 Å². The lowest BCUT2D eigenvalue weighted by Gasteiger charge is -2.08. The number of fused-ring (bicyclic) bond motifs is 1. The lowest BCUT2D eigenvalue weighted by atomic mass is 10.1. The van der Waals surface area contributed by atoms with Crippen molar-refractivity contribution in [3.8, 4) is 0 Å². The molecule has 27 heavy (non-hydrogen) atoms. The van der Waals surface area contributed by atoms with Crippen LogP contribution in [0.3, 0.4) is 0 Å². The van der Waals surface area contributed by atoms with Gasteiger partial charge in [0.05, 0.1) is 5.56 Å². The lowest BCUT2D eigenvalue weighted by Crippen LogP contribution is -2.12. The summed E-state index contributed by atoms with van der Waals surface area (Å²) in [4.78, 5) is 19.4. The zero-order valence-electron chi connectivity index (χ0n) is 14.8. The molecule has 4 aromatic rings. The van der Waals surface area contributed by atoms with Gasteiger partial charge in [0, 0.05) is 47.4 Å². The molecule has 3 N–H and O–H groups in total. The molecule has 0 aliphatic heterocycles. The first kappa shape index (κ1) is 16.8. The van der Waals surface area contributed by atoms with Crippen LogP contribution in [0.25, 0.3) is 10.9 Å². The molecule has 5 heteroatoms. The minimum atomic E-state index is -0.164. The molecular formula is C22H20N4O. The van der Waals surface area contributed by atoms with E-state index in [-0.39, 0.29) is 5.91 Å². The molecule has 0 saturated heterocycles. The van der Waals surface area contributed by atoms with Gasteiger partial charge in [-0.05, 0) is 54.4 Å². The van der Waals surface area contributed by atoms with E-state index in [1.54, 1.807) is 24.5 Å². The van der Waals surface area contributed by atoms with Crippen LogP contribution >= 0.6 is 0 Å². The molecule has 5 nitrogen and oxygen atoms in total. The number of carbonyl (C=O) groups is 1. The number of hydrogen-bond donors (Lipinski definition) is 3. The molecule has 1 amide bonds. The quantitative estimate of drug-likeness (QED) is 0.477. The van der Waals surface area contributed by atoms with Crippen LogP contribution in [0, 0.1) is 0 Å². The zero-order chi connectivity index (χ0) is 18.5. The van der Waals surface area contributed by atoms with E-state index in [0.29, 0.717) is 5.56 Å². The average Bonchev–Trinajstić information content (AvgIpc) is 3.13. The maximum Gasteiger partial charge on any atom is 0.257 e. The van der Waals surface area contributed by atoms with Crippen LogP contribution < -0.4 is 10.6 Å². The maximum absolute atomic E-state index is 12.1. The Kier molecular flexibility index (Phi) is 4.83. The average molecular weight is 356 g/mol. The summed E-state index contributed by atoms with van der Waals surface area (Å²) in [6, 6.07) is 19.5. The second kappa shape index (κ2) is 7.74. The number of nitrogens with one attached hydrogen (secondary N) is 3. The van der Waals surface area contributed by atoms with Crippen molar-refractivity contribution in [3.63, 3.8) is 0 Å². The molecule has 0 saturated carbocycles. The maximum atomic E-state index is 12.1. The topological polar surface area (TPSA) is 69.8 Å². The molecule has 0 atom stereocenters. The van der Waals surface area contributed by atoms with Gasteiger partial charge in [-0.1, -0.05) is 18.2 Å². The first-order chi connectivity index (χ1) is 13.3. The number of H-pyrrole nitrogens is 1. The third-order valence-electron chi connectivity index (χ3n) is 4.46. The lowest BCUT2D eigenvalue weighted by molar-refractivity contribution is 0.102. The van der Waals surface area contributed by atoms with E-state index >= 15 is 0 Å². The Morgan fingerprint density at radius 3 is 2.59 bits per heavy atom. The summed E-state index contributed by atoms with van der Waals surface area (Å²) in [6.45, 7) is 0.837. The van der Waals surface area contributed by atoms with Gasteiger partial charge in [0.1, 0.15) is 0 Å². The Morgan fingerprint density at radius 1 is 0.963 bits per heavy atom. The largest absolute Gasteiger partial charge is 0.385 e. The van der Waals surface area contributed by atoms with E-state index in [4.69, 9.17) is 0 Å². The predicted molar refractivity (Wildman–Crippen MR) is 109 cm³/mol. The van der Waals surface area contributed by atoms with Crippen LogP contribution in [0.4, 0.5) is 11.4 Å². The molecule has 0 aliphatic carbocycles. The molecule has 0 bridgehead atoms. The first-order valence-corrected chi connectivity index (χ1v) is 8.90. The Morgan fingerprint density at radius 2 is 1.78 bits per heavy atom. The van der Waals surface area contributed by atoms with Crippen LogP contribution in [0.15, 0.2) is 79.3 Å². The third kappa shape index (κ3) is 3.98. The first-order valence-electron chi connectivity index (χ1n) is 8.90. The summed E-state index contributed by atoms with van der Waals surface area (Å²) in [5.74, 6) is -0.164. The predicted octanol–water partition coefficient (Wildman–Crippen LogP) is 4.47. The number of rotatable bonds is 6. The van der Waals surface area contributed by atoms with Gasteiger partial charge in [0.25, 0.3) is 5.91 Å². The molecule has 134 valence electrons. The number of pyridine rings is 1. The number of para-hydroxylation sites is 1. The van der Waals surface area contributed by atoms with E-state index < -0.39 is 0 Å². The molecule has 0 unspecified atom stereocenters. The Labute approximate surface area is 157 Å². The highest BCUT2D eigenvalue weighted by Crippen LogP contribution is 2.19. The van der Waals surface area contributed by atoms with E-state index in [1.807, 2.05) is 30.3 Å². The van der Waals surface area contributed by atoms with Crippen molar-refractivity contribution in [3.05, 3.63) is 90.4 Å². The minimum absolute atomic E-state index is 0.164. The Hall–Kier alpha value is -3.60.